The van der Waals surface area contributed by atoms with Gasteiger partial charge in [-0.1, -0.05) is 27.7 Å². The maximum atomic E-state index is 12.9. The second-order valence-electron chi connectivity index (χ2n) is 6.27. The SMILES string of the molecule is COc1cc([C@H]2Nc3ccc(Br)cc3-c3c(=O)[nH]c(SC)n[n+]32)cc(OC)c1O. The number of aromatic amines is 1. The van der Waals surface area contributed by atoms with Crippen LogP contribution in [0.2, 0.25) is 0 Å². The summed E-state index contributed by atoms with van der Waals surface area (Å²) >= 11 is 4.81. The van der Waals surface area contributed by atoms with E-state index in [9.17, 15) is 9.90 Å². The Morgan fingerprint density at radius 2 is 1.90 bits per heavy atom. The summed E-state index contributed by atoms with van der Waals surface area (Å²) in [6, 6.07) is 9.05. The monoisotopic (exact) mass is 477 g/mol. The molecule has 150 valence electrons. The number of anilines is 1. The Morgan fingerprint density at radius 1 is 1.21 bits per heavy atom. The molecule has 2 heterocycles. The third-order valence-electron chi connectivity index (χ3n) is 4.65. The van der Waals surface area contributed by atoms with Crippen LogP contribution in [0.25, 0.3) is 11.3 Å². The molecule has 0 spiro atoms. The second-order valence-corrected chi connectivity index (χ2v) is 7.98. The predicted molar refractivity (Wildman–Crippen MR) is 113 cm³/mol. The molecule has 0 amide bonds. The smallest absolute Gasteiger partial charge is 0.325 e. The zero-order chi connectivity index (χ0) is 20.7. The van der Waals surface area contributed by atoms with E-state index in [1.807, 2.05) is 24.5 Å². The Morgan fingerprint density at radius 3 is 2.52 bits per heavy atom. The van der Waals surface area contributed by atoms with Gasteiger partial charge in [-0.05, 0) is 41.3 Å². The van der Waals surface area contributed by atoms with Crippen molar-refractivity contribution in [2.24, 2.45) is 0 Å². The number of aromatic nitrogens is 3. The fourth-order valence-corrected chi connectivity index (χ4v) is 4.03. The highest BCUT2D eigenvalue weighted by Gasteiger charge is 2.38. The van der Waals surface area contributed by atoms with Crippen molar-refractivity contribution in [1.29, 1.82) is 0 Å². The molecule has 0 aliphatic carbocycles. The van der Waals surface area contributed by atoms with Crippen LogP contribution in [0.1, 0.15) is 11.7 Å². The molecular weight excluding hydrogens is 460 g/mol. The van der Waals surface area contributed by atoms with Gasteiger partial charge in [-0.15, -0.1) is 0 Å². The number of nitrogens with one attached hydrogen (secondary N) is 2. The van der Waals surface area contributed by atoms with E-state index in [4.69, 9.17) is 9.47 Å². The van der Waals surface area contributed by atoms with Gasteiger partial charge in [0.15, 0.2) is 11.5 Å². The van der Waals surface area contributed by atoms with Gasteiger partial charge < -0.3 is 19.9 Å². The summed E-state index contributed by atoms with van der Waals surface area (Å²) < 4.78 is 13.1. The minimum absolute atomic E-state index is 0.0900. The largest absolute Gasteiger partial charge is 0.502 e. The minimum Gasteiger partial charge on any atom is -0.502 e. The average molecular weight is 478 g/mol. The van der Waals surface area contributed by atoms with Gasteiger partial charge >= 0.3 is 11.3 Å². The molecule has 1 aliphatic rings. The Balaban J connectivity index is 1.99. The van der Waals surface area contributed by atoms with E-state index >= 15 is 0 Å². The lowest BCUT2D eigenvalue weighted by Gasteiger charge is -2.23. The summed E-state index contributed by atoms with van der Waals surface area (Å²) in [5.41, 5.74) is 2.41. The summed E-state index contributed by atoms with van der Waals surface area (Å²) in [6.45, 7) is 0. The van der Waals surface area contributed by atoms with Crippen molar-refractivity contribution in [1.82, 2.24) is 10.1 Å². The van der Waals surface area contributed by atoms with E-state index in [2.05, 4.69) is 31.3 Å². The first-order chi connectivity index (χ1) is 14.0. The van der Waals surface area contributed by atoms with Crippen LogP contribution >= 0.6 is 27.7 Å². The van der Waals surface area contributed by atoms with Crippen molar-refractivity contribution < 1.29 is 19.3 Å². The third-order valence-corrected chi connectivity index (χ3v) is 5.71. The maximum absolute atomic E-state index is 12.9. The van der Waals surface area contributed by atoms with E-state index in [1.165, 1.54) is 26.0 Å². The standard InChI is InChI=1S/C19H17BrN4O4S/c1-27-13-6-9(7-14(28-2)16(13)25)17-21-12-5-4-10(20)8-11(12)15-18(26)22-19(29-3)23-24(15)17/h4-8,17H,1-3H3,(H2,22,23,25,26)/p+1/t17-/m0/s1. The summed E-state index contributed by atoms with van der Waals surface area (Å²) in [5.74, 6) is 0.437. The molecule has 3 N–H and O–H groups in total. The van der Waals surface area contributed by atoms with Gasteiger partial charge in [0.1, 0.15) is 0 Å². The van der Waals surface area contributed by atoms with Gasteiger partial charge in [-0.2, -0.15) is 0 Å². The summed E-state index contributed by atoms with van der Waals surface area (Å²) in [5, 5.41) is 18.8. The van der Waals surface area contributed by atoms with Crippen LogP contribution in [0.5, 0.6) is 17.2 Å². The fraction of sp³-hybridized carbons (Fsp3) is 0.211. The number of fused-ring (bicyclic) bond motifs is 3. The van der Waals surface area contributed by atoms with Gasteiger partial charge in [0.25, 0.3) is 6.17 Å². The molecule has 8 nitrogen and oxygen atoms in total. The number of phenolic OH excluding ortho intramolecular Hbond substituents is 1. The molecule has 1 aliphatic heterocycles. The first kappa shape index (κ1) is 19.6. The average Bonchev–Trinajstić information content (AvgIpc) is 2.73. The van der Waals surface area contributed by atoms with Crippen LogP contribution in [-0.2, 0) is 0 Å². The lowest BCUT2D eigenvalue weighted by molar-refractivity contribution is -0.759. The summed E-state index contributed by atoms with van der Waals surface area (Å²) in [4.78, 5) is 15.7. The molecule has 10 heteroatoms. The molecule has 1 atom stereocenters. The zero-order valence-electron chi connectivity index (χ0n) is 15.8. The van der Waals surface area contributed by atoms with Crippen LogP contribution in [-0.4, -0.2) is 35.7 Å². The van der Waals surface area contributed by atoms with Crippen molar-refractivity contribution in [3.8, 4) is 28.5 Å². The van der Waals surface area contributed by atoms with Crippen molar-refractivity contribution in [3.05, 3.63) is 50.7 Å². The first-order valence-electron chi connectivity index (χ1n) is 8.58. The maximum Gasteiger partial charge on any atom is 0.325 e. The number of hydrogen-bond donors (Lipinski definition) is 3. The Bertz CT molecular complexity index is 1140. The lowest BCUT2D eigenvalue weighted by Crippen LogP contribution is -2.55. The van der Waals surface area contributed by atoms with Crippen LogP contribution < -0.4 is 25.0 Å². The van der Waals surface area contributed by atoms with Crippen LogP contribution in [0.3, 0.4) is 0 Å². The number of thioether (sulfide) groups is 1. The van der Waals surface area contributed by atoms with Gasteiger partial charge in [0.05, 0.1) is 31.0 Å². The molecular formula is C19H18BrN4O4S+. The molecule has 0 bridgehead atoms. The predicted octanol–water partition coefficient (Wildman–Crippen LogP) is 2.90. The molecule has 1 aromatic heterocycles. The van der Waals surface area contributed by atoms with Gasteiger partial charge in [-0.3, -0.25) is 9.78 Å². The number of nitrogens with zero attached hydrogens (tertiary/aromatic N) is 2. The van der Waals surface area contributed by atoms with E-state index in [-0.39, 0.29) is 22.8 Å². The van der Waals surface area contributed by atoms with Crippen molar-refractivity contribution in [3.63, 3.8) is 0 Å². The third kappa shape index (κ3) is 3.32. The zero-order valence-corrected chi connectivity index (χ0v) is 18.2. The number of phenols is 1. The van der Waals surface area contributed by atoms with E-state index in [0.717, 1.165) is 15.7 Å². The molecule has 4 rings (SSSR count). The minimum atomic E-state index is -0.518. The summed E-state index contributed by atoms with van der Waals surface area (Å²) in [7, 11) is 2.94. The topological polar surface area (TPSA) is 100 Å². The highest BCUT2D eigenvalue weighted by Crippen LogP contribution is 2.40. The molecule has 3 aromatic rings. The van der Waals surface area contributed by atoms with Crippen LogP contribution in [0.4, 0.5) is 5.69 Å². The Labute approximate surface area is 179 Å². The number of aromatic hydroxyl groups is 1. The lowest BCUT2D eigenvalue weighted by atomic mass is 10.0. The highest BCUT2D eigenvalue weighted by atomic mass is 79.9. The fourth-order valence-electron chi connectivity index (χ4n) is 3.30. The van der Waals surface area contributed by atoms with E-state index in [0.29, 0.717) is 16.4 Å². The van der Waals surface area contributed by atoms with E-state index < -0.39 is 6.17 Å². The van der Waals surface area contributed by atoms with E-state index in [1.54, 1.807) is 16.8 Å². The van der Waals surface area contributed by atoms with Gasteiger partial charge in [-0.25, -0.2) is 0 Å². The quantitative estimate of drug-likeness (QED) is 0.392. The number of H-pyrrole nitrogens is 1. The summed E-state index contributed by atoms with van der Waals surface area (Å²) in [6.07, 6.45) is 1.32. The number of methoxy groups -OCH3 is 2. The molecule has 0 saturated carbocycles. The second kappa shape index (κ2) is 7.60. The van der Waals surface area contributed by atoms with Crippen molar-refractivity contribution in [2.45, 2.75) is 11.3 Å². The van der Waals surface area contributed by atoms with Gasteiger partial charge in [0.2, 0.25) is 10.9 Å². The molecule has 0 unspecified atom stereocenters. The van der Waals surface area contributed by atoms with Crippen molar-refractivity contribution in [2.75, 3.05) is 25.8 Å². The van der Waals surface area contributed by atoms with Crippen molar-refractivity contribution >= 4 is 33.4 Å². The van der Waals surface area contributed by atoms with Crippen LogP contribution in [0.15, 0.2) is 44.8 Å². The number of halogens is 1. The molecule has 0 saturated heterocycles. The first-order valence-corrected chi connectivity index (χ1v) is 10.6. The number of hydrogen-bond acceptors (Lipinski definition) is 7. The van der Waals surface area contributed by atoms with Crippen LogP contribution in [0, 0.1) is 0 Å². The number of ether oxygens (including phenoxy) is 2. The molecule has 0 fully saturated rings. The van der Waals surface area contributed by atoms with Gasteiger partial charge in [0, 0.05) is 9.57 Å². The molecule has 0 radical (unpaired) electrons. The Kier molecular flexibility index (Phi) is 5.13. The molecule has 29 heavy (non-hydrogen) atoms. The molecule has 2 aromatic carbocycles. The highest BCUT2D eigenvalue weighted by molar-refractivity contribution is 9.10. The Hall–Kier alpha value is -2.72. The normalized spacial score (nSPS) is 14.6. The number of rotatable bonds is 4. The number of benzene rings is 2.